The fourth-order valence-electron chi connectivity index (χ4n) is 2.64. The maximum absolute atomic E-state index is 12.4. The van der Waals surface area contributed by atoms with Gasteiger partial charge in [0.25, 0.3) is 0 Å². The number of carbonyl (C=O) groups excluding carboxylic acids is 2. The molecular weight excluding hydrogens is 330 g/mol. The Bertz CT molecular complexity index is 799. The first-order chi connectivity index (χ1) is 12.4. The smallest absolute Gasteiger partial charge is 0.224 e. The predicted octanol–water partition coefficient (Wildman–Crippen LogP) is 4.31. The summed E-state index contributed by atoms with van der Waals surface area (Å²) >= 11 is 0. The van der Waals surface area contributed by atoms with Crippen molar-refractivity contribution in [1.82, 2.24) is 0 Å². The molecule has 0 aliphatic carbocycles. The lowest BCUT2D eigenvalue weighted by atomic mass is 9.99. The van der Waals surface area contributed by atoms with Crippen molar-refractivity contribution < 1.29 is 19.1 Å². The summed E-state index contributed by atoms with van der Waals surface area (Å²) in [6.45, 7) is 6.27. The van der Waals surface area contributed by atoms with Crippen LogP contribution in [0.2, 0.25) is 0 Å². The van der Waals surface area contributed by atoms with Crippen molar-refractivity contribution in [2.75, 3.05) is 19.0 Å². The van der Waals surface area contributed by atoms with E-state index in [-0.39, 0.29) is 24.5 Å². The Morgan fingerprint density at radius 3 is 2.46 bits per heavy atom. The van der Waals surface area contributed by atoms with Gasteiger partial charge in [0.05, 0.1) is 13.7 Å². The highest BCUT2D eigenvalue weighted by molar-refractivity contribution is 6.01. The lowest BCUT2D eigenvalue weighted by Gasteiger charge is -2.12. The molecule has 26 heavy (non-hydrogen) atoms. The largest absolute Gasteiger partial charge is 0.493 e. The Kier molecular flexibility index (Phi) is 6.78. The van der Waals surface area contributed by atoms with Crippen LogP contribution >= 0.6 is 0 Å². The van der Waals surface area contributed by atoms with Crippen LogP contribution in [0.5, 0.6) is 11.5 Å². The first-order valence-electron chi connectivity index (χ1n) is 8.65. The molecule has 0 aromatic heterocycles. The number of ketones is 1. The van der Waals surface area contributed by atoms with Gasteiger partial charge in [-0.3, -0.25) is 9.59 Å². The van der Waals surface area contributed by atoms with Crippen molar-refractivity contribution in [1.29, 1.82) is 0 Å². The van der Waals surface area contributed by atoms with Gasteiger partial charge >= 0.3 is 0 Å². The molecule has 2 aromatic carbocycles. The van der Waals surface area contributed by atoms with Crippen LogP contribution in [0.15, 0.2) is 36.4 Å². The molecule has 0 bridgehead atoms. The van der Waals surface area contributed by atoms with E-state index in [0.717, 1.165) is 11.1 Å². The highest BCUT2D eigenvalue weighted by Crippen LogP contribution is 2.30. The molecule has 0 saturated heterocycles. The summed E-state index contributed by atoms with van der Waals surface area (Å²) in [5.74, 6) is 0.940. The van der Waals surface area contributed by atoms with Crippen LogP contribution in [0.25, 0.3) is 0 Å². The molecule has 0 atom stereocenters. The summed E-state index contributed by atoms with van der Waals surface area (Å²) in [5.41, 5.74) is 3.25. The summed E-state index contributed by atoms with van der Waals surface area (Å²) in [6.07, 6.45) is 0.298. The SMILES string of the molecule is CCOc1ccc(NC(=O)CCC(=O)c2cc(C)ccc2C)cc1OC. The number of Topliss-reactive ketones (excluding diaryl/α,β-unsaturated/α-hetero) is 1. The van der Waals surface area contributed by atoms with E-state index in [0.29, 0.717) is 29.4 Å². The van der Waals surface area contributed by atoms with Gasteiger partial charge in [-0.15, -0.1) is 0 Å². The number of carbonyl (C=O) groups is 2. The Morgan fingerprint density at radius 2 is 1.77 bits per heavy atom. The van der Waals surface area contributed by atoms with Gasteiger partial charge < -0.3 is 14.8 Å². The molecule has 1 N–H and O–H groups in total. The van der Waals surface area contributed by atoms with E-state index < -0.39 is 0 Å². The second-order valence-electron chi connectivity index (χ2n) is 6.09. The van der Waals surface area contributed by atoms with Crippen LogP contribution < -0.4 is 14.8 Å². The number of hydrogen-bond acceptors (Lipinski definition) is 4. The van der Waals surface area contributed by atoms with Gasteiger partial charge in [0.1, 0.15) is 0 Å². The van der Waals surface area contributed by atoms with Crippen molar-refractivity contribution in [3.63, 3.8) is 0 Å². The van der Waals surface area contributed by atoms with Gasteiger partial charge in [-0.05, 0) is 44.5 Å². The number of nitrogens with one attached hydrogen (secondary N) is 1. The van der Waals surface area contributed by atoms with Crippen LogP contribution in [0, 0.1) is 13.8 Å². The summed E-state index contributed by atoms with van der Waals surface area (Å²) in [5, 5.41) is 2.79. The monoisotopic (exact) mass is 355 g/mol. The third-order valence-corrected chi connectivity index (χ3v) is 4.02. The number of methoxy groups -OCH3 is 1. The van der Waals surface area contributed by atoms with Crippen molar-refractivity contribution in [3.05, 3.63) is 53.1 Å². The summed E-state index contributed by atoms with van der Waals surface area (Å²) in [6, 6.07) is 11.0. The van der Waals surface area contributed by atoms with E-state index in [2.05, 4.69) is 5.32 Å². The molecule has 1 amide bonds. The summed E-state index contributed by atoms with van der Waals surface area (Å²) in [7, 11) is 1.55. The Hall–Kier alpha value is -2.82. The summed E-state index contributed by atoms with van der Waals surface area (Å²) in [4.78, 5) is 24.6. The molecule has 0 aliphatic rings. The normalized spacial score (nSPS) is 10.3. The van der Waals surface area contributed by atoms with Gasteiger partial charge in [-0.25, -0.2) is 0 Å². The van der Waals surface area contributed by atoms with Crippen LogP contribution in [-0.4, -0.2) is 25.4 Å². The zero-order chi connectivity index (χ0) is 19.1. The third-order valence-electron chi connectivity index (χ3n) is 4.02. The fraction of sp³-hybridized carbons (Fsp3) is 0.333. The Morgan fingerprint density at radius 1 is 1.00 bits per heavy atom. The second kappa shape index (κ2) is 9.04. The number of rotatable bonds is 8. The highest BCUT2D eigenvalue weighted by Gasteiger charge is 2.13. The number of ether oxygens (including phenoxy) is 2. The van der Waals surface area contributed by atoms with Crippen molar-refractivity contribution in [2.24, 2.45) is 0 Å². The lowest BCUT2D eigenvalue weighted by Crippen LogP contribution is -2.14. The van der Waals surface area contributed by atoms with Gasteiger partial charge in [-0.1, -0.05) is 17.7 Å². The van der Waals surface area contributed by atoms with Crippen LogP contribution in [0.4, 0.5) is 5.69 Å². The maximum Gasteiger partial charge on any atom is 0.224 e. The molecule has 0 saturated carbocycles. The molecule has 2 aromatic rings. The van der Waals surface area contributed by atoms with Crippen molar-refractivity contribution in [2.45, 2.75) is 33.6 Å². The van der Waals surface area contributed by atoms with Gasteiger partial charge in [-0.2, -0.15) is 0 Å². The van der Waals surface area contributed by atoms with Crippen LogP contribution in [-0.2, 0) is 4.79 Å². The quantitative estimate of drug-likeness (QED) is 0.717. The minimum absolute atomic E-state index is 0.0226. The Balaban J connectivity index is 1.96. The number of aryl methyl sites for hydroxylation is 2. The zero-order valence-corrected chi connectivity index (χ0v) is 15.7. The molecule has 0 radical (unpaired) electrons. The van der Waals surface area contributed by atoms with E-state index in [1.807, 2.05) is 39.0 Å². The number of anilines is 1. The lowest BCUT2D eigenvalue weighted by molar-refractivity contribution is -0.116. The van der Waals surface area contributed by atoms with Gasteiger partial charge in [0.15, 0.2) is 17.3 Å². The topological polar surface area (TPSA) is 64.6 Å². The third kappa shape index (κ3) is 5.09. The summed E-state index contributed by atoms with van der Waals surface area (Å²) < 4.78 is 10.7. The molecule has 0 aliphatic heterocycles. The number of hydrogen-bond donors (Lipinski definition) is 1. The molecule has 0 heterocycles. The first kappa shape index (κ1) is 19.5. The second-order valence-corrected chi connectivity index (χ2v) is 6.09. The van der Waals surface area contributed by atoms with E-state index in [1.54, 1.807) is 25.3 Å². The van der Waals surface area contributed by atoms with Gasteiger partial charge in [0, 0.05) is 30.2 Å². The average molecular weight is 355 g/mol. The molecular formula is C21H25NO4. The maximum atomic E-state index is 12.4. The van der Waals surface area contributed by atoms with Crippen molar-refractivity contribution >= 4 is 17.4 Å². The predicted molar refractivity (Wildman–Crippen MR) is 102 cm³/mol. The van der Waals surface area contributed by atoms with Crippen molar-refractivity contribution in [3.8, 4) is 11.5 Å². The Labute approximate surface area is 154 Å². The molecule has 0 fully saturated rings. The fourth-order valence-corrected chi connectivity index (χ4v) is 2.64. The highest BCUT2D eigenvalue weighted by atomic mass is 16.5. The molecule has 2 rings (SSSR count). The number of amides is 1. The molecule has 0 unspecified atom stereocenters. The average Bonchev–Trinajstić information content (AvgIpc) is 2.63. The number of benzene rings is 2. The van der Waals surface area contributed by atoms with Crippen LogP contribution in [0.1, 0.15) is 41.3 Å². The molecule has 0 spiro atoms. The molecule has 5 heteroatoms. The van der Waals surface area contributed by atoms with E-state index >= 15 is 0 Å². The van der Waals surface area contributed by atoms with E-state index in [4.69, 9.17) is 9.47 Å². The van der Waals surface area contributed by atoms with Crippen LogP contribution in [0.3, 0.4) is 0 Å². The standard InChI is InChI=1S/C21H25NO4/c1-5-26-19-10-8-16(13-20(19)25-4)22-21(24)11-9-18(23)17-12-14(2)6-7-15(17)3/h6-8,10,12-13H,5,9,11H2,1-4H3,(H,22,24). The first-order valence-corrected chi connectivity index (χ1v) is 8.65. The molecule has 138 valence electrons. The molecule has 5 nitrogen and oxygen atoms in total. The van der Waals surface area contributed by atoms with E-state index in [9.17, 15) is 9.59 Å². The van der Waals surface area contributed by atoms with Gasteiger partial charge in [0.2, 0.25) is 5.91 Å². The zero-order valence-electron chi connectivity index (χ0n) is 15.7. The minimum atomic E-state index is -0.213. The van der Waals surface area contributed by atoms with E-state index in [1.165, 1.54) is 0 Å². The minimum Gasteiger partial charge on any atom is -0.493 e.